The Morgan fingerprint density at radius 3 is 2.69 bits per heavy atom. The predicted molar refractivity (Wildman–Crippen MR) is 108 cm³/mol. The fourth-order valence-corrected chi connectivity index (χ4v) is 4.21. The SMILES string of the molecule is Cc1c(-c2cccc(S(=O)(=O)N(C)C)c2)c2ncc(F)cc2n1C/C(F)=C/C[NH3+]. The van der Waals surface area contributed by atoms with E-state index in [1.807, 2.05) is 0 Å². The number of sulfonamides is 1. The zero-order chi connectivity index (χ0) is 21.3. The van der Waals surface area contributed by atoms with Crippen LogP contribution in [-0.4, -0.2) is 42.9 Å². The van der Waals surface area contributed by atoms with Crippen LogP contribution in [0.3, 0.4) is 0 Å². The van der Waals surface area contributed by atoms with Crippen LogP contribution in [-0.2, 0) is 16.6 Å². The Morgan fingerprint density at radius 1 is 1.31 bits per heavy atom. The molecule has 0 aliphatic carbocycles. The van der Waals surface area contributed by atoms with Crippen LogP contribution < -0.4 is 5.73 Å². The van der Waals surface area contributed by atoms with E-state index in [2.05, 4.69) is 10.7 Å². The highest BCUT2D eigenvalue weighted by Crippen LogP contribution is 2.35. The number of fused-ring (bicyclic) bond motifs is 1. The van der Waals surface area contributed by atoms with Crippen LogP contribution in [0.5, 0.6) is 0 Å². The molecule has 0 unspecified atom stereocenters. The van der Waals surface area contributed by atoms with Crippen molar-refractivity contribution in [1.29, 1.82) is 0 Å². The van der Waals surface area contributed by atoms with Gasteiger partial charge in [-0.1, -0.05) is 12.1 Å². The van der Waals surface area contributed by atoms with E-state index in [4.69, 9.17) is 0 Å². The molecule has 2 heterocycles. The summed E-state index contributed by atoms with van der Waals surface area (Å²) in [6.45, 7) is 1.99. The van der Waals surface area contributed by atoms with Crippen LogP contribution in [0.1, 0.15) is 5.69 Å². The summed E-state index contributed by atoms with van der Waals surface area (Å²) >= 11 is 0. The van der Waals surface area contributed by atoms with Crippen LogP contribution in [0.4, 0.5) is 8.78 Å². The lowest BCUT2D eigenvalue weighted by atomic mass is 10.1. The van der Waals surface area contributed by atoms with Gasteiger partial charge in [-0.15, -0.1) is 0 Å². The maximum Gasteiger partial charge on any atom is 0.242 e. The second-order valence-corrected chi connectivity index (χ2v) is 8.97. The Morgan fingerprint density at radius 2 is 2.03 bits per heavy atom. The first-order valence-electron chi connectivity index (χ1n) is 8.98. The summed E-state index contributed by atoms with van der Waals surface area (Å²) in [4.78, 5) is 4.34. The van der Waals surface area contributed by atoms with Crippen molar-refractivity contribution in [1.82, 2.24) is 13.9 Å². The second-order valence-electron chi connectivity index (χ2n) is 6.82. The van der Waals surface area contributed by atoms with Gasteiger partial charge in [0.05, 0.1) is 35.2 Å². The van der Waals surface area contributed by atoms with E-state index in [-0.39, 0.29) is 17.3 Å². The van der Waals surface area contributed by atoms with Gasteiger partial charge >= 0.3 is 0 Å². The molecule has 6 nitrogen and oxygen atoms in total. The number of pyridine rings is 1. The quantitative estimate of drug-likeness (QED) is 0.664. The molecule has 9 heteroatoms. The van der Waals surface area contributed by atoms with Crippen molar-refractivity contribution in [3.05, 3.63) is 59.9 Å². The summed E-state index contributed by atoms with van der Waals surface area (Å²) in [5.74, 6) is -0.923. The van der Waals surface area contributed by atoms with Crippen molar-refractivity contribution < 1.29 is 22.9 Å². The fraction of sp³-hybridized carbons (Fsp3) is 0.250. The molecule has 0 atom stereocenters. The van der Waals surface area contributed by atoms with Gasteiger partial charge in [0.25, 0.3) is 0 Å². The average Bonchev–Trinajstić information content (AvgIpc) is 2.93. The molecule has 0 radical (unpaired) electrons. The third-order valence-corrected chi connectivity index (χ3v) is 6.52. The number of hydrogen-bond acceptors (Lipinski definition) is 3. The van der Waals surface area contributed by atoms with Crippen LogP contribution >= 0.6 is 0 Å². The Hall–Kier alpha value is -2.62. The van der Waals surface area contributed by atoms with Crippen molar-refractivity contribution in [2.45, 2.75) is 18.4 Å². The van der Waals surface area contributed by atoms with E-state index >= 15 is 0 Å². The third kappa shape index (κ3) is 3.93. The van der Waals surface area contributed by atoms with Crippen LogP contribution in [0, 0.1) is 12.7 Å². The first-order valence-corrected chi connectivity index (χ1v) is 10.4. The number of halogens is 2. The molecule has 1 aromatic carbocycles. The maximum atomic E-state index is 14.2. The number of benzene rings is 1. The molecule has 0 aliphatic rings. The molecule has 3 rings (SSSR count). The summed E-state index contributed by atoms with van der Waals surface area (Å²) in [6.07, 6.45) is 2.46. The number of aromatic nitrogens is 2. The van der Waals surface area contributed by atoms with Gasteiger partial charge in [0.15, 0.2) is 0 Å². The topological polar surface area (TPSA) is 82.8 Å². The molecule has 29 heavy (non-hydrogen) atoms. The summed E-state index contributed by atoms with van der Waals surface area (Å²) in [5.41, 5.74) is 6.42. The van der Waals surface area contributed by atoms with E-state index in [1.54, 1.807) is 29.7 Å². The molecule has 0 saturated carbocycles. The highest BCUT2D eigenvalue weighted by atomic mass is 32.2. The number of quaternary nitrogens is 1. The standard InChI is InChI=1S/C20H22F2N4O2S/c1-13-19(14-5-4-6-17(9-14)29(27,28)25(2)3)20-18(10-16(22)11-24-20)26(13)12-15(21)7-8-23/h4-7,9-11H,8,12,23H2,1-3H3/p+1/b15-7-. The van der Waals surface area contributed by atoms with Crippen molar-refractivity contribution in [2.24, 2.45) is 0 Å². The number of allylic oxidation sites excluding steroid dienone is 1. The number of nitrogens with zero attached hydrogens (tertiary/aromatic N) is 3. The molecule has 0 aliphatic heterocycles. The van der Waals surface area contributed by atoms with Gasteiger partial charge < -0.3 is 10.3 Å². The minimum absolute atomic E-state index is 0.0846. The van der Waals surface area contributed by atoms with E-state index < -0.39 is 15.8 Å². The summed E-state index contributed by atoms with van der Waals surface area (Å²) < 4.78 is 55.9. The van der Waals surface area contributed by atoms with Crippen molar-refractivity contribution in [2.75, 3.05) is 20.6 Å². The van der Waals surface area contributed by atoms with Crippen LogP contribution in [0.2, 0.25) is 0 Å². The Balaban J connectivity index is 2.26. The maximum absolute atomic E-state index is 14.2. The van der Waals surface area contributed by atoms with Gasteiger partial charge in [-0.25, -0.2) is 21.5 Å². The van der Waals surface area contributed by atoms with Crippen molar-refractivity contribution >= 4 is 21.1 Å². The lowest BCUT2D eigenvalue weighted by Crippen LogP contribution is -2.49. The van der Waals surface area contributed by atoms with Gasteiger partial charge in [-0.05, 0) is 24.6 Å². The first kappa shape index (κ1) is 21.1. The fourth-order valence-electron chi connectivity index (χ4n) is 3.26. The van der Waals surface area contributed by atoms with Gasteiger partial charge in [0.2, 0.25) is 10.0 Å². The zero-order valence-corrected chi connectivity index (χ0v) is 17.3. The molecule has 3 aromatic rings. The highest BCUT2D eigenvalue weighted by Gasteiger charge is 2.22. The molecular weight excluding hydrogens is 398 g/mol. The van der Waals surface area contributed by atoms with Crippen molar-refractivity contribution in [3.63, 3.8) is 0 Å². The minimum atomic E-state index is -3.63. The molecule has 0 fully saturated rings. The summed E-state index contributed by atoms with van der Waals surface area (Å²) in [5, 5.41) is 0. The normalized spacial score (nSPS) is 12.9. The van der Waals surface area contributed by atoms with Crippen LogP contribution in [0.25, 0.3) is 22.2 Å². The summed E-state index contributed by atoms with van der Waals surface area (Å²) in [6, 6.07) is 7.76. The minimum Gasteiger partial charge on any atom is -0.354 e. The molecule has 0 bridgehead atoms. The lowest BCUT2D eigenvalue weighted by molar-refractivity contribution is -0.353. The van der Waals surface area contributed by atoms with E-state index in [1.165, 1.54) is 32.3 Å². The first-order chi connectivity index (χ1) is 13.7. The number of hydrogen-bond donors (Lipinski definition) is 1. The second kappa shape index (κ2) is 8.02. The molecule has 3 N–H and O–H groups in total. The van der Waals surface area contributed by atoms with E-state index in [9.17, 15) is 17.2 Å². The largest absolute Gasteiger partial charge is 0.354 e. The molecular formula is C20H23F2N4O2S+. The van der Waals surface area contributed by atoms with Gasteiger partial charge in [-0.3, -0.25) is 4.98 Å². The van der Waals surface area contributed by atoms with E-state index in [0.717, 1.165) is 10.5 Å². The molecule has 0 spiro atoms. The highest BCUT2D eigenvalue weighted by molar-refractivity contribution is 7.89. The summed E-state index contributed by atoms with van der Waals surface area (Å²) in [7, 11) is -0.711. The molecule has 0 amide bonds. The average molecular weight is 421 g/mol. The number of rotatable bonds is 6. The molecule has 2 aromatic heterocycles. The monoisotopic (exact) mass is 421 g/mol. The molecule has 154 valence electrons. The van der Waals surface area contributed by atoms with Gasteiger partial charge in [0, 0.05) is 37.5 Å². The van der Waals surface area contributed by atoms with Crippen molar-refractivity contribution in [3.8, 4) is 11.1 Å². The van der Waals surface area contributed by atoms with Crippen LogP contribution in [0.15, 0.2) is 53.3 Å². The molecule has 0 saturated heterocycles. The van der Waals surface area contributed by atoms with Gasteiger partial charge in [-0.2, -0.15) is 0 Å². The smallest absolute Gasteiger partial charge is 0.242 e. The third-order valence-electron chi connectivity index (χ3n) is 4.70. The zero-order valence-electron chi connectivity index (χ0n) is 16.5. The Kier molecular flexibility index (Phi) is 5.83. The lowest BCUT2D eigenvalue weighted by Gasteiger charge is -2.12. The van der Waals surface area contributed by atoms with E-state index in [0.29, 0.717) is 34.4 Å². The Labute approximate surface area is 168 Å². The van der Waals surface area contributed by atoms with Gasteiger partial charge in [0.1, 0.15) is 11.6 Å². The Bertz CT molecular complexity index is 1200. The predicted octanol–water partition coefficient (Wildman–Crippen LogP) is 2.50.